The number of carbonyl (C=O) groups excluding carboxylic acids is 2. The third-order valence-electron chi connectivity index (χ3n) is 6.72. The minimum absolute atomic E-state index is 0.00455. The summed E-state index contributed by atoms with van der Waals surface area (Å²) in [4.78, 5) is 30.2. The molecule has 4 nitrogen and oxygen atoms in total. The molecule has 0 spiro atoms. The Morgan fingerprint density at radius 3 is 1.88 bits per heavy atom. The van der Waals surface area contributed by atoms with E-state index in [0.717, 1.165) is 5.56 Å². The van der Waals surface area contributed by atoms with E-state index in [1.807, 2.05) is 83.8 Å². The number of hydrogen-bond donors (Lipinski definition) is 0. The smallest absolute Gasteiger partial charge is 0.224 e. The fourth-order valence-corrected chi connectivity index (χ4v) is 8.22. The largest absolute Gasteiger partial charge is 0.378 e. The van der Waals surface area contributed by atoms with Gasteiger partial charge in [0.25, 0.3) is 0 Å². The van der Waals surface area contributed by atoms with Crippen molar-refractivity contribution in [3.8, 4) is 0 Å². The van der Waals surface area contributed by atoms with E-state index < -0.39 is 19.5 Å². The molecule has 0 bridgehead atoms. The maximum atomic E-state index is 14.2. The first kappa shape index (κ1) is 23.1. The summed E-state index contributed by atoms with van der Waals surface area (Å²) in [5.41, 5.74) is 1.10. The van der Waals surface area contributed by atoms with Gasteiger partial charge in [-0.2, -0.15) is 0 Å². The maximum absolute atomic E-state index is 14.2. The Balaban J connectivity index is 1.87. The van der Waals surface area contributed by atoms with Crippen molar-refractivity contribution in [2.45, 2.75) is 24.6 Å². The van der Waals surface area contributed by atoms with E-state index >= 15 is 0 Å². The van der Waals surface area contributed by atoms with Crippen LogP contribution in [0.25, 0.3) is 0 Å². The number of benzene rings is 3. The molecule has 0 unspecified atom stereocenters. The van der Waals surface area contributed by atoms with Gasteiger partial charge < -0.3 is 9.64 Å². The molecule has 4 rings (SSSR count). The van der Waals surface area contributed by atoms with Gasteiger partial charge >= 0.3 is 0 Å². The molecule has 0 aromatic heterocycles. The zero-order valence-electron chi connectivity index (χ0n) is 19.3. The Labute approximate surface area is 197 Å². The van der Waals surface area contributed by atoms with Crippen LogP contribution in [0, 0.1) is 0 Å². The fourth-order valence-electron chi connectivity index (χ4n) is 4.83. The minimum atomic E-state index is -2.45. The lowest BCUT2D eigenvalue weighted by atomic mass is 9.87. The van der Waals surface area contributed by atoms with E-state index in [-0.39, 0.29) is 11.7 Å². The predicted octanol–water partition coefficient (Wildman–Crippen LogP) is 4.50. The number of morpholine rings is 1. The molecule has 3 aromatic rings. The average molecular weight is 458 g/mol. The molecular formula is C28H31NO3Si. The zero-order valence-corrected chi connectivity index (χ0v) is 20.3. The van der Waals surface area contributed by atoms with Gasteiger partial charge in [0.1, 0.15) is 0 Å². The van der Waals surface area contributed by atoms with Crippen molar-refractivity contribution in [2.75, 3.05) is 26.3 Å². The monoisotopic (exact) mass is 457 g/mol. The second-order valence-electron chi connectivity index (χ2n) is 9.12. The highest BCUT2D eigenvalue weighted by Crippen LogP contribution is 2.41. The standard InChI is InChI=1S/C28H31NO3Si/c1-33(2,24-16-10-5-11-17-24)27(28(31)29-18-20-32-21-19-29)25(22-12-6-3-7-13-22)26(30)23-14-8-4-9-15-23/h3-17,25,27H,18-21H2,1-2H3/t25-,27-/m1/s1. The number of ketones is 1. The molecule has 170 valence electrons. The SMILES string of the molecule is C[Si](C)(c1ccccc1)[C@@H](C(=O)N1CCOCC1)[C@@H](C(=O)c1ccccc1)c1ccccc1. The van der Waals surface area contributed by atoms with Gasteiger partial charge in [0.05, 0.1) is 32.7 Å². The molecule has 0 aliphatic carbocycles. The predicted molar refractivity (Wildman–Crippen MR) is 135 cm³/mol. The van der Waals surface area contributed by atoms with Crippen molar-refractivity contribution in [3.05, 3.63) is 102 Å². The molecular weight excluding hydrogens is 426 g/mol. The Kier molecular flexibility index (Phi) is 7.21. The molecule has 0 radical (unpaired) electrons. The molecule has 1 aliphatic heterocycles. The third-order valence-corrected chi connectivity index (χ3v) is 10.7. The molecule has 0 N–H and O–H groups in total. The van der Waals surface area contributed by atoms with Crippen molar-refractivity contribution in [2.24, 2.45) is 0 Å². The van der Waals surface area contributed by atoms with Crippen LogP contribution in [0.4, 0.5) is 0 Å². The first-order valence-corrected chi connectivity index (χ1v) is 14.6. The number of carbonyl (C=O) groups is 2. The van der Waals surface area contributed by atoms with Crippen LogP contribution in [-0.4, -0.2) is 51.0 Å². The lowest BCUT2D eigenvalue weighted by Crippen LogP contribution is -2.56. The van der Waals surface area contributed by atoms with Gasteiger partial charge in [0.2, 0.25) is 5.91 Å². The molecule has 0 saturated carbocycles. The number of amides is 1. The molecule has 1 saturated heterocycles. The summed E-state index contributed by atoms with van der Waals surface area (Å²) < 4.78 is 5.51. The Morgan fingerprint density at radius 2 is 1.30 bits per heavy atom. The van der Waals surface area contributed by atoms with Crippen LogP contribution in [0.2, 0.25) is 18.6 Å². The van der Waals surface area contributed by atoms with Crippen molar-refractivity contribution < 1.29 is 14.3 Å². The number of Topliss-reactive ketones (excluding diaryl/α,β-unsaturated/α-hetero) is 1. The molecule has 3 aromatic carbocycles. The molecule has 1 fully saturated rings. The number of rotatable bonds is 7. The highest BCUT2D eigenvalue weighted by atomic mass is 28.3. The van der Waals surface area contributed by atoms with Gasteiger partial charge in [-0.05, 0) is 5.56 Å². The zero-order chi connectivity index (χ0) is 23.3. The van der Waals surface area contributed by atoms with Crippen LogP contribution in [0.1, 0.15) is 21.8 Å². The summed E-state index contributed by atoms with van der Waals surface area (Å²) in [7, 11) is -2.45. The normalized spacial score (nSPS) is 16.1. The van der Waals surface area contributed by atoms with Gasteiger partial charge in [-0.25, -0.2) is 0 Å². The molecule has 2 atom stereocenters. The van der Waals surface area contributed by atoms with Gasteiger partial charge in [0.15, 0.2) is 5.78 Å². The first-order chi connectivity index (χ1) is 16.0. The first-order valence-electron chi connectivity index (χ1n) is 11.6. The average Bonchev–Trinajstić information content (AvgIpc) is 2.88. The minimum Gasteiger partial charge on any atom is -0.378 e. The maximum Gasteiger partial charge on any atom is 0.224 e. The Hall–Kier alpha value is -3.02. The molecule has 33 heavy (non-hydrogen) atoms. The number of hydrogen-bond acceptors (Lipinski definition) is 3. The van der Waals surface area contributed by atoms with Crippen LogP contribution >= 0.6 is 0 Å². The second kappa shape index (κ2) is 10.3. The summed E-state index contributed by atoms with van der Waals surface area (Å²) in [6.45, 7) is 6.65. The summed E-state index contributed by atoms with van der Waals surface area (Å²) in [6.07, 6.45) is 0. The van der Waals surface area contributed by atoms with E-state index in [9.17, 15) is 9.59 Å². The van der Waals surface area contributed by atoms with Gasteiger partial charge in [0, 0.05) is 18.7 Å². The second-order valence-corrected chi connectivity index (χ2v) is 13.8. The lowest BCUT2D eigenvalue weighted by Gasteiger charge is -2.41. The Bertz CT molecular complexity index is 1060. The number of nitrogens with zero attached hydrogens (tertiary/aromatic N) is 1. The topological polar surface area (TPSA) is 46.6 Å². The van der Waals surface area contributed by atoms with E-state index in [1.165, 1.54) is 5.19 Å². The van der Waals surface area contributed by atoms with Crippen LogP contribution in [0.3, 0.4) is 0 Å². The van der Waals surface area contributed by atoms with Crippen molar-refractivity contribution in [1.82, 2.24) is 4.90 Å². The van der Waals surface area contributed by atoms with E-state index in [1.54, 1.807) is 0 Å². The number of ether oxygens (including phenoxy) is 1. The van der Waals surface area contributed by atoms with E-state index in [0.29, 0.717) is 31.9 Å². The summed E-state index contributed by atoms with van der Waals surface area (Å²) in [5.74, 6) is -0.479. The van der Waals surface area contributed by atoms with Crippen molar-refractivity contribution in [1.29, 1.82) is 0 Å². The van der Waals surface area contributed by atoms with Crippen molar-refractivity contribution in [3.63, 3.8) is 0 Å². The quantitative estimate of drug-likeness (QED) is 0.388. The highest BCUT2D eigenvalue weighted by Gasteiger charge is 2.48. The van der Waals surface area contributed by atoms with E-state index in [4.69, 9.17) is 4.74 Å². The summed E-state index contributed by atoms with van der Waals surface area (Å²) >= 11 is 0. The lowest BCUT2D eigenvalue weighted by molar-refractivity contribution is -0.135. The van der Waals surface area contributed by atoms with Crippen LogP contribution in [0.15, 0.2) is 91.0 Å². The van der Waals surface area contributed by atoms with Gasteiger partial charge in [-0.15, -0.1) is 0 Å². The summed E-state index contributed by atoms with van der Waals surface area (Å²) in [5, 5.41) is 1.18. The van der Waals surface area contributed by atoms with Crippen LogP contribution in [-0.2, 0) is 9.53 Å². The van der Waals surface area contributed by atoms with Gasteiger partial charge in [-0.1, -0.05) is 109 Å². The molecule has 5 heteroatoms. The summed E-state index contributed by atoms with van der Waals surface area (Å²) in [6, 6.07) is 29.5. The Morgan fingerprint density at radius 1 is 0.788 bits per heavy atom. The van der Waals surface area contributed by atoms with Crippen molar-refractivity contribution >= 4 is 25.0 Å². The van der Waals surface area contributed by atoms with E-state index in [2.05, 4.69) is 25.2 Å². The van der Waals surface area contributed by atoms with Crippen LogP contribution in [0.5, 0.6) is 0 Å². The molecule has 1 amide bonds. The highest BCUT2D eigenvalue weighted by molar-refractivity contribution is 6.93. The van der Waals surface area contributed by atoms with Gasteiger partial charge in [-0.3, -0.25) is 9.59 Å². The van der Waals surface area contributed by atoms with Crippen LogP contribution < -0.4 is 5.19 Å². The third kappa shape index (κ3) is 4.99. The molecule has 1 aliphatic rings. The fraction of sp³-hybridized carbons (Fsp3) is 0.286. The molecule has 1 heterocycles.